The zero-order chi connectivity index (χ0) is 11.9. The third-order valence-electron chi connectivity index (χ3n) is 2.30. The van der Waals surface area contributed by atoms with Crippen LogP contribution >= 0.6 is 11.3 Å². The molecule has 3 nitrogen and oxygen atoms in total. The van der Waals surface area contributed by atoms with Crippen molar-refractivity contribution >= 4 is 11.3 Å². The summed E-state index contributed by atoms with van der Waals surface area (Å²) in [6.07, 6.45) is 0. The lowest BCUT2D eigenvalue weighted by molar-refractivity contribution is 0.0817. The van der Waals surface area contributed by atoms with Gasteiger partial charge in [0.05, 0.1) is 16.2 Å². The Hall–Kier alpha value is -1.13. The van der Waals surface area contributed by atoms with E-state index in [1.54, 1.807) is 13.8 Å². The number of aryl methyl sites for hydroxylation is 2. The highest BCUT2D eigenvalue weighted by atomic mass is 32.1. The second-order valence-corrected chi connectivity index (χ2v) is 5.40. The summed E-state index contributed by atoms with van der Waals surface area (Å²) in [6, 6.07) is 3.82. The van der Waals surface area contributed by atoms with Gasteiger partial charge in [0.15, 0.2) is 10.8 Å². The molecule has 0 saturated heterocycles. The molecule has 1 N–H and O–H groups in total. The van der Waals surface area contributed by atoms with Gasteiger partial charge < -0.3 is 9.52 Å². The maximum atomic E-state index is 9.98. The van der Waals surface area contributed by atoms with Gasteiger partial charge in [-0.3, -0.25) is 0 Å². The van der Waals surface area contributed by atoms with Crippen LogP contribution in [0.4, 0.5) is 0 Å². The van der Waals surface area contributed by atoms with Crippen LogP contribution in [0.5, 0.6) is 0 Å². The molecule has 0 radical (unpaired) electrons. The highest BCUT2D eigenvalue weighted by molar-refractivity contribution is 7.15. The lowest BCUT2D eigenvalue weighted by Gasteiger charge is -2.14. The number of furan rings is 1. The first kappa shape index (κ1) is 11.4. The Morgan fingerprint density at radius 1 is 1.31 bits per heavy atom. The zero-order valence-corrected chi connectivity index (χ0v) is 10.7. The van der Waals surface area contributed by atoms with Crippen molar-refractivity contribution < 1.29 is 9.52 Å². The second kappa shape index (κ2) is 3.71. The molecule has 2 aromatic rings. The van der Waals surface area contributed by atoms with Gasteiger partial charge in [0.25, 0.3) is 0 Å². The second-order valence-electron chi connectivity index (χ2n) is 4.40. The minimum absolute atomic E-state index is 0.765. The fourth-order valence-electron chi connectivity index (χ4n) is 1.62. The largest absolute Gasteiger partial charge is 0.459 e. The van der Waals surface area contributed by atoms with Crippen LogP contribution in [0.2, 0.25) is 0 Å². The number of hydrogen-bond acceptors (Lipinski definition) is 4. The van der Waals surface area contributed by atoms with Crippen LogP contribution in [0.3, 0.4) is 0 Å². The monoisotopic (exact) mass is 237 g/mol. The van der Waals surface area contributed by atoms with Crippen molar-refractivity contribution in [3.63, 3.8) is 0 Å². The molecular weight excluding hydrogens is 222 g/mol. The molecule has 2 heterocycles. The molecule has 0 aromatic carbocycles. The average Bonchev–Trinajstić information content (AvgIpc) is 2.70. The van der Waals surface area contributed by atoms with Crippen molar-refractivity contribution in [3.05, 3.63) is 28.5 Å². The Morgan fingerprint density at radius 2 is 2.00 bits per heavy atom. The van der Waals surface area contributed by atoms with E-state index in [9.17, 15) is 5.11 Å². The molecule has 86 valence electrons. The van der Waals surface area contributed by atoms with E-state index in [1.165, 1.54) is 11.3 Å². The van der Waals surface area contributed by atoms with Crippen LogP contribution < -0.4 is 0 Å². The maximum Gasteiger partial charge on any atom is 0.162 e. The molecule has 2 aromatic heterocycles. The first-order valence-corrected chi connectivity index (χ1v) is 5.96. The molecule has 0 aliphatic rings. The number of aliphatic hydroxyl groups is 1. The van der Waals surface area contributed by atoms with E-state index in [0.717, 1.165) is 27.1 Å². The highest BCUT2D eigenvalue weighted by Gasteiger charge is 2.23. The smallest absolute Gasteiger partial charge is 0.162 e. The molecule has 0 amide bonds. The summed E-state index contributed by atoms with van der Waals surface area (Å²) in [4.78, 5) is 5.31. The van der Waals surface area contributed by atoms with Crippen LogP contribution in [0.25, 0.3) is 10.8 Å². The van der Waals surface area contributed by atoms with Crippen molar-refractivity contribution in [1.29, 1.82) is 0 Å². The van der Waals surface area contributed by atoms with Gasteiger partial charge in [-0.15, -0.1) is 11.3 Å². The lowest BCUT2D eigenvalue weighted by Crippen LogP contribution is -2.14. The third kappa shape index (κ3) is 2.03. The third-order valence-corrected chi connectivity index (χ3v) is 3.79. The topological polar surface area (TPSA) is 46.3 Å². The summed E-state index contributed by atoms with van der Waals surface area (Å²) in [5, 5.41) is 10.8. The number of aromatic nitrogens is 1. The number of nitrogens with zero attached hydrogens (tertiary/aromatic N) is 1. The molecule has 0 unspecified atom stereocenters. The van der Waals surface area contributed by atoms with Gasteiger partial charge in [0.1, 0.15) is 5.76 Å². The van der Waals surface area contributed by atoms with Crippen molar-refractivity contribution in [2.24, 2.45) is 0 Å². The minimum Gasteiger partial charge on any atom is -0.459 e. The fourth-order valence-corrected chi connectivity index (χ4v) is 2.65. The summed E-state index contributed by atoms with van der Waals surface area (Å²) < 4.78 is 5.52. The standard InChI is InChI=1S/C12H15NO2S/c1-7-5-6-9(15-7)11-13-8(2)10(16-11)12(3,4)14/h5-6,14H,1-4H3. The quantitative estimate of drug-likeness (QED) is 0.872. The van der Waals surface area contributed by atoms with Gasteiger partial charge in [0.2, 0.25) is 0 Å². The molecule has 0 spiro atoms. The summed E-state index contributed by atoms with van der Waals surface area (Å²) in [6.45, 7) is 7.35. The Labute approximate surface area is 98.8 Å². The van der Waals surface area contributed by atoms with E-state index in [4.69, 9.17) is 4.42 Å². The summed E-state index contributed by atoms with van der Waals surface area (Å²) in [5.41, 5.74) is 0.0170. The Morgan fingerprint density at radius 3 is 2.44 bits per heavy atom. The Kier molecular flexibility index (Phi) is 2.64. The Bertz CT molecular complexity index is 505. The summed E-state index contributed by atoms with van der Waals surface area (Å²) in [5.74, 6) is 1.63. The number of hydrogen-bond donors (Lipinski definition) is 1. The SMILES string of the molecule is Cc1ccc(-c2nc(C)c(C(C)(C)O)s2)o1. The molecular formula is C12H15NO2S. The first-order chi connectivity index (χ1) is 7.38. The normalized spacial score (nSPS) is 12.1. The molecule has 16 heavy (non-hydrogen) atoms. The summed E-state index contributed by atoms with van der Waals surface area (Å²) in [7, 11) is 0. The number of rotatable bonds is 2. The molecule has 0 aliphatic carbocycles. The van der Waals surface area contributed by atoms with Crippen LogP contribution in [-0.2, 0) is 5.60 Å². The molecule has 0 bridgehead atoms. The van der Waals surface area contributed by atoms with Crippen molar-refractivity contribution in [2.45, 2.75) is 33.3 Å². The van der Waals surface area contributed by atoms with E-state index < -0.39 is 5.60 Å². The molecule has 0 fully saturated rings. The van der Waals surface area contributed by atoms with E-state index in [1.807, 2.05) is 26.0 Å². The zero-order valence-electron chi connectivity index (χ0n) is 9.87. The van der Waals surface area contributed by atoms with Gasteiger partial charge in [-0.05, 0) is 39.8 Å². The minimum atomic E-state index is -0.846. The Balaban J connectivity index is 2.46. The van der Waals surface area contributed by atoms with Crippen molar-refractivity contribution in [1.82, 2.24) is 4.98 Å². The molecule has 0 saturated carbocycles. The van der Waals surface area contributed by atoms with Gasteiger partial charge in [-0.2, -0.15) is 0 Å². The van der Waals surface area contributed by atoms with E-state index >= 15 is 0 Å². The van der Waals surface area contributed by atoms with Gasteiger partial charge in [0, 0.05) is 0 Å². The van der Waals surface area contributed by atoms with Gasteiger partial charge in [-0.1, -0.05) is 0 Å². The number of thiazole rings is 1. The lowest BCUT2D eigenvalue weighted by atomic mass is 10.1. The molecule has 0 aliphatic heterocycles. The van der Waals surface area contributed by atoms with Gasteiger partial charge in [-0.25, -0.2) is 4.98 Å². The molecule has 4 heteroatoms. The summed E-state index contributed by atoms with van der Waals surface area (Å²) >= 11 is 1.48. The fraction of sp³-hybridized carbons (Fsp3) is 0.417. The van der Waals surface area contributed by atoms with Crippen LogP contribution in [0.1, 0.15) is 30.2 Å². The van der Waals surface area contributed by atoms with Gasteiger partial charge >= 0.3 is 0 Å². The average molecular weight is 237 g/mol. The predicted octanol–water partition coefficient (Wildman–Crippen LogP) is 3.25. The maximum absolute atomic E-state index is 9.98. The van der Waals surface area contributed by atoms with E-state index in [0.29, 0.717) is 0 Å². The van der Waals surface area contributed by atoms with Crippen molar-refractivity contribution in [2.75, 3.05) is 0 Å². The van der Waals surface area contributed by atoms with Crippen LogP contribution in [0.15, 0.2) is 16.5 Å². The molecule has 2 rings (SSSR count). The molecule has 0 atom stereocenters. The van der Waals surface area contributed by atoms with E-state index in [2.05, 4.69) is 4.98 Å². The first-order valence-electron chi connectivity index (χ1n) is 5.15. The van der Waals surface area contributed by atoms with Crippen LogP contribution in [0, 0.1) is 13.8 Å². The van der Waals surface area contributed by atoms with Crippen LogP contribution in [-0.4, -0.2) is 10.1 Å². The predicted molar refractivity (Wildman–Crippen MR) is 64.5 cm³/mol. The highest BCUT2D eigenvalue weighted by Crippen LogP contribution is 2.34. The van der Waals surface area contributed by atoms with E-state index in [-0.39, 0.29) is 0 Å². The van der Waals surface area contributed by atoms with Crippen molar-refractivity contribution in [3.8, 4) is 10.8 Å².